The van der Waals surface area contributed by atoms with Gasteiger partial charge in [-0.3, -0.25) is 4.79 Å². The van der Waals surface area contributed by atoms with E-state index in [1.165, 1.54) is 17.8 Å². The summed E-state index contributed by atoms with van der Waals surface area (Å²) in [5.74, 6) is 0.318. The Morgan fingerprint density at radius 1 is 1.60 bits per heavy atom. The molecule has 15 heavy (non-hydrogen) atoms. The fourth-order valence-electron chi connectivity index (χ4n) is 2.12. The molecule has 1 N–H and O–H groups in total. The third-order valence-electron chi connectivity index (χ3n) is 3.10. The number of carbonyl (C=O) groups excluding carboxylic acids is 1. The molecule has 1 fully saturated rings. The van der Waals surface area contributed by atoms with Crippen LogP contribution in [-0.4, -0.2) is 19.4 Å². The van der Waals surface area contributed by atoms with Crippen molar-refractivity contribution in [1.29, 1.82) is 0 Å². The molecule has 2 rings (SSSR count). The van der Waals surface area contributed by atoms with E-state index < -0.39 is 0 Å². The fourth-order valence-corrected chi connectivity index (χ4v) is 3.57. The molecule has 1 saturated carbocycles. The van der Waals surface area contributed by atoms with Crippen LogP contribution in [0.25, 0.3) is 0 Å². The van der Waals surface area contributed by atoms with Crippen LogP contribution >= 0.6 is 27.3 Å². The predicted molar refractivity (Wildman–Crippen MR) is 66.6 cm³/mol. The summed E-state index contributed by atoms with van der Waals surface area (Å²) in [6, 6.07) is 3.87. The third kappa shape index (κ3) is 2.03. The summed E-state index contributed by atoms with van der Waals surface area (Å²) >= 11 is 4.93. The molecule has 0 aromatic carbocycles. The standard InChI is InChI=1S/C11H14BrNOS/c1-13-7-11(5-2-6-11)10(14)8-3-4-9(12)15-8/h3-4,13H,2,5-7H2,1H3. The maximum atomic E-state index is 12.3. The summed E-state index contributed by atoms with van der Waals surface area (Å²) in [6.45, 7) is 0.807. The maximum Gasteiger partial charge on any atom is 0.180 e. The lowest BCUT2D eigenvalue weighted by molar-refractivity contribution is 0.0619. The Labute approximate surface area is 102 Å². The van der Waals surface area contributed by atoms with E-state index in [1.54, 1.807) is 0 Å². The highest BCUT2D eigenvalue weighted by atomic mass is 79.9. The zero-order chi connectivity index (χ0) is 10.9. The molecule has 0 spiro atoms. The molecular formula is C11H14BrNOS. The Morgan fingerprint density at radius 2 is 2.33 bits per heavy atom. The van der Waals surface area contributed by atoms with Crippen molar-refractivity contribution in [2.75, 3.05) is 13.6 Å². The van der Waals surface area contributed by atoms with E-state index in [4.69, 9.17) is 0 Å². The molecule has 0 atom stereocenters. The van der Waals surface area contributed by atoms with Crippen LogP contribution in [0.3, 0.4) is 0 Å². The molecule has 82 valence electrons. The average molecular weight is 288 g/mol. The summed E-state index contributed by atoms with van der Waals surface area (Å²) in [6.07, 6.45) is 3.24. The lowest BCUT2D eigenvalue weighted by atomic mass is 9.65. The van der Waals surface area contributed by atoms with Gasteiger partial charge in [0.2, 0.25) is 0 Å². The lowest BCUT2D eigenvalue weighted by Crippen LogP contribution is -2.45. The van der Waals surface area contributed by atoms with Crippen LogP contribution in [0.15, 0.2) is 15.9 Å². The van der Waals surface area contributed by atoms with E-state index >= 15 is 0 Å². The van der Waals surface area contributed by atoms with Crippen molar-refractivity contribution in [1.82, 2.24) is 5.32 Å². The minimum Gasteiger partial charge on any atom is -0.319 e. The lowest BCUT2D eigenvalue weighted by Gasteiger charge is -2.39. The van der Waals surface area contributed by atoms with Gasteiger partial charge in [0.1, 0.15) is 0 Å². The van der Waals surface area contributed by atoms with Crippen LogP contribution in [-0.2, 0) is 0 Å². The van der Waals surface area contributed by atoms with Crippen molar-refractivity contribution < 1.29 is 4.79 Å². The first-order valence-electron chi connectivity index (χ1n) is 5.13. The van der Waals surface area contributed by atoms with Crippen molar-refractivity contribution >= 4 is 33.0 Å². The second kappa shape index (κ2) is 4.36. The SMILES string of the molecule is CNCC1(C(=O)c2ccc(Br)s2)CCC1. The highest BCUT2D eigenvalue weighted by molar-refractivity contribution is 9.11. The number of halogens is 1. The van der Waals surface area contributed by atoms with Gasteiger partial charge < -0.3 is 5.32 Å². The second-order valence-electron chi connectivity index (χ2n) is 4.10. The molecule has 0 unspecified atom stereocenters. The number of hydrogen-bond acceptors (Lipinski definition) is 3. The first kappa shape index (κ1) is 11.3. The minimum absolute atomic E-state index is 0.112. The van der Waals surface area contributed by atoms with Crippen LogP contribution in [0.2, 0.25) is 0 Å². The van der Waals surface area contributed by atoms with Crippen LogP contribution in [0.1, 0.15) is 28.9 Å². The van der Waals surface area contributed by atoms with E-state index in [0.717, 1.165) is 28.0 Å². The average Bonchev–Trinajstić information content (AvgIpc) is 2.57. The maximum absolute atomic E-state index is 12.3. The molecule has 1 aliphatic carbocycles. The topological polar surface area (TPSA) is 29.1 Å². The van der Waals surface area contributed by atoms with Crippen molar-refractivity contribution in [2.45, 2.75) is 19.3 Å². The van der Waals surface area contributed by atoms with Crippen LogP contribution in [0, 0.1) is 5.41 Å². The summed E-state index contributed by atoms with van der Waals surface area (Å²) in [7, 11) is 1.91. The zero-order valence-electron chi connectivity index (χ0n) is 8.68. The number of rotatable bonds is 4. The van der Waals surface area contributed by atoms with E-state index in [-0.39, 0.29) is 5.41 Å². The highest BCUT2D eigenvalue weighted by Gasteiger charge is 2.44. The van der Waals surface area contributed by atoms with Gasteiger partial charge in [0.15, 0.2) is 5.78 Å². The van der Waals surface area contributed by atoms with Crippen LogP contribution in [0.4, 0.5) is 0 Å². The van der Waals surface area contributed by atoms with Gasteiger partial charge in [-0.05, 0) is 48.0 Å². The third-order valence-corrected chi connectivity index (χ3v) is 4.73. The fraction of sp³-hybridized carbons (Fsp3) is 0.545. The van der Waals surface area contributed by atoms with E-state index in [9.17, 15) is 4.79 Å². The Morgan fingerprint density at radius 3 is 2.73 bits per heavy atom. The molecule has 4 heteroatoms. The molecule has 0 bridgehead atoms. The molecule has 0 saturated heterocycles. The number of ketones is 1. The largest absolute Gasteiger partial charge is 0.319 e. The molecule has 1 heterocycles. The van der Waals surface area contributed by atoms with Gasteiger partial charge in [0.05, 0.1) is 8.66 Å². The normalized spacial score (nSPS) is 18.5. The monoisotopic (exact) mass is 287 g/mol. The molecule has 1 aromatic rings. The summed E-state index contributed by atoms with van der Waals surface area (Å²) in [5, 5.41) is 3.14. The van der Waals surface area contributed by atoms with Gasteiger partial charge in [-0.1, -0.05) is 6.42 Å². The Bertz CT molecular complexity index is 370. The zero-order valence-corrected chi connectivity index (χ0v) is 11.1. The van der Waals surface area contributed by atoms with Crippen molar-refractivity contribution in [3.05, 3.63) is 20.8 Å². The van der Waals surface area contributed by atoms with Gasteiger partial charge in [-0.2, -0.15) is 0 Å². The van der Waals surface area contributed by atoms with Crippen molar-refractivity contribution in [3.8, 4) is 0 Å². The second-order valence-corrected chi connectivity index (χ2v) is 6.56. The highest BCUT2D eigenvalue weighted by Crippen LogP contribution is 2.44. The summed E-state index contributed by atoms with van der Waals surface area (Å²) in [5.41, 5.74) is -0.112. The summed E-state index contributed by atoms with van der Waals surface area (Å²) < 4.78 is 1.03. The number of carbonyl (C=O) groups is 1. The summed E-state index contributed by atoms with van der Waals surface area (Å²) in [4.78, 5) is 13.2. The molecule has 1 aromatic heterocycles. The van der Waals surface area contributed by atoms with E-state index in [0.29, 0.717) is 5.78 Å². The predicted octanol–water partition coefficient (Wildman–Crippen LogP) is 3.08. The number of thiophene rings is 1. The molecule has 2 nitrogen and oxygen atoms in total. The van der Waals surface area contributed by atoms with Crippen LogP contribution in [0.5, 0.6) is 0 Å². The smallest absolute Gasteiger partial charge is 0.180 e. The van der Waals surface area contributed by atoms with Gasteiger partial charge >= 0.3 is 0 Å². The Kier molecular flexibility index (Phi) is 3.28. The number of nitrogens with one attached hydrogen (secondary N) is 1. The van der Waals surface area contributed by atoms with Crippen molar-refractivity contribution in [2.24, 2.45) is 5.41 Å². The van der Waals surface area contributed by atoms with Gasteiger partial charge in [-0.25, -0.2) is 0 Å². The Hall–Kier alpha value is -0.190. The van der Waals surface area contributed by atoms with Gasteiger partial charge in [-0.15, -0.1) is 11.3 Å². The Balaban J connectivity index is 2.19. The minimum atomic E-state index is -0.112. The molecule has 0 aliphatic heterocycles. The van der Waals surface area contributed by atoms with E-state index in [1.807, 2.05) is 19.2 Å². The van der Waals surface area contributed by atoms with Crippen molar-refractivity contribution in [3.63, 3.8) is 0 Å². The first-order chi connectivity index (χ1) is 7.18. The number of hydrogen-bond donors (Lipinski definition) is 1. The molecular weight excluding hydrogens is 274 g/mol. The number of Topliss-reactive ketones (excluding diaryl/α,β-unsaturated/α-hetero) is 1. The van der Waals surface area contributed by atoms with E-state index in [2.05, 4.69) is 21.2 Å². The van der Waals surface area contributed by atoms with Crippen LogP contribution < -0.4 is 5.32 Å². The van der Waals surface area contributed by atoms with Gasteiger partial charge in [0.25, 0.3) is 0 Å². The van der Waals surface area contributed by atoms with Gasteiger partial charge in [0, 0.05) is 12.0 Å². The molecule has 0 radical (unpaired) electrons. The quantitative estimate of drug-likeness (QED) is 0.863. The molecule has 0 amide bonds. The first-order valence-corrected chi connectivity index (χ1v) is 6.74. The molecule has 1 aliphatic rings.